The molecule has 0 aromatic heterocycles. The van der Waals surface area contributed by atoms with E-state index in [0.29, 0.717) is 23.9 Å². The third-order valence-corrected chi connectivity index (χ3v) is 5.09. The van der Waals surface area contributed by atoms with Crippen LogP contribution in [0.5, 0.6) is 0 Å². The third kappa shape index (κ3) is 4.30. The van der Waals surface area contributed by atoms with Crippen LogP contribution in [-0.4, -0.2) is 41.6 Å². The molecule has 0 bridgehead atoms. The number of aliphatic hydroxyl groups is 1. The maximum absolute atomic E-state index is 12.3. The Kier molecular flexibility index (Phi) is 6.53. The Labute approximate surface area is 153 Å². The van der Waals surface area contributed by atoms with Gasteiger partial charge >= 0.3 is 11.9 Å². The molecule has 0 saturated carbocycles. The smallest absolute Gasteiger partial charge is 0.334 e. The topological polar surface area (TPSA) is 89.9 Å². The standard InChI is InChI=1S/C20H26O6/c1-5-11(2)19(23)25-17-9-14(10-21)6-7-15(22)12(3)8-16-18(17)13(4)20(24)26-16/h6,8,10-11,15-18,22H,4-5,7,9H2,1-3H3/b12-8?,14-6+/t11?,15?,16-,17?,18+/m1/s1. The number of rotatable bonds is 4. The highest BCUT2D eigenvalue weighted by Gasteiger charge is 2.45. The molecule has 1 heterocycles. The van der Waals surface area contributed by atoms with Crippen molar-refractivity contribution in [1.82, 2.24) is 0 Å². The first kappa shape index (κ1) is 20.1. The Bertz CT molecular complexity index is 659. The number of aldehydes is 1. The quantitative estimate of drug-likeness (QED) is 0.357. The van der Waals surface area contributed by atoms with Crippen LogP contribution in [0.4, 0.5) is 0 Å². The molecule has 6 nitrogen and oxygen atoms in total. The van der Waals surface area contributed by atoms with Crippen LogP contribution in [0.3, 0.4) is 0 Å². The Morgan fingerprint density at radius 3 is 2.85 bits per heavy atom. The number of hydrogen-bond donors (Lipinski definition) is 1. The van der Waals surface area contributed by atoms with Gasteiger partial charge in [0, 0.05) is 12.0 Å². The maximum Gasteiger partial charge on any atom is 0.334 e. The highest BCUT2D eigenvalue weighted by Crippen LogP contribution is 2.36. The summed E-state index contributed by atoms with van der Waals surface area (Å²) in [5, 5.41) is 10.2. The van der Waals surface area contributed by atoms with Crippen LogP contribution in [-0.2, 0) is 23.9 Å². The van der Waals surface area contributed by atoms with Crippen LogP contribution in [0.1, 0.15) is 40.0 Å². The van der Waals surface area contributed by atoms with Crippen molar-refractivity contribution in [2.45, 2.75) is 58.3 Å². The molecule has 0 aromatic carbocycles. The van der Waals surface area contributed by atoms with Crippen molar-refractivity contribution in [2.24, 2.45) is 11.8 Å². The van der Waals surface area contributed by atoms with Crippen LogP contribution in [0.15, 0.2) is 35.5 Å². The molecular formula is C20H26O6. The fraction of sp³-hybridized carbons (Fsp3) is 0.550. The van der Waals surface area contributed by atoms with Gasteiger partial charge in [-0.3, -0.25) is 9.59 Å². The number of hydrogen-bond acceptors (Lipinski definition) is 6. The van der Waals surface area contributed by atoms with Gasteiger partial charge in [-0.15, -0.1) is 0 Å². The summed E-state index contributed by atoms with van der Waals surface area (Å²) in [5.74, 6) is -1.83. The van der Waals surface area contributed by atoms with Gasteiger partial charge in [0.05, 0.1) is 17.9 Å². The van der Waals surface area contributed by atoms with E-state index in [4.69, 9.17) is 9.47 Å². The van der Waals surface area contributed by atoms with Crippen molar-refractivity contribution in [3.63, 3.8) is 0 Å². The molecule has 6 heteroatoms. The predicted octanol–water partition coefficient (Wildman–Crippen LogP) is 2.27. The van der Waals surface area contributed by atoms with Crippen molar-refractivity contribution in [2.75, 3.05) is 0 Å². The Balaban J connectivity index is 2.43. The molecule has 1 aliphatic carbocycles. The van der Waals surface area contributed by atoms with Crippen LogP contribution >= 0.6 is 0 Å². The largest absolute Gasteiger partial charge is 0.461 e. The molecular weight excluding hydrogens is 336 g/mol. The lowest BCUT2D eigenvalue weighted by molar-refractivity contribution is -0.156. The molecule has 0 radical (unpaired) electrons. The summed E-state index contributed by atoms with van der Waals surface area (Å²) in [6.07, 6.45) is 2.81. The lowest BCUT2D eigenvalue weighted by atomic mass is 9.85. The van der Waals surface area contributed by atoms with Crippen LogP contribution < -0.4 is 0 Å². The average Bonchev–Trinajstić information content (AvgIpc) is 2.89. The summed E-state index contributed by atoms with van der Waals surface area (Å²) in [7, 11) is 0. The molecule has 0 spiro atoms. The fourth-order valence-corrected chi connectivity index (χ4v) is 3.09. The van der Waals surface area contributed by atoms with Gasteiger partial charge in [0.25, 0.3) is 0 Å². The van der Waals surface area contributed by atoms with Gasteiger partial charge in [0.1, 0.15) is 18.5 Å². The van der Waals surface area contributed by atoms with Crippen LogP contribution in [0.25, 0.3) is 0 Å². The van der Waals surface area contributed by atoms with Gasteiger partial charge < -0.3 is 14.6 Å². The van der Waals surface area contributed by atoms with Gasteiger partial charge in [-0.25, -0.2) is 4.79 Å². The summed E-state index contributed by atoms with van der Waals surface area (Å²) < 4.78 is 11.0. The lowest BCUT2D eigenvalue weighted by Crippen LogP contribution is -2.35. The first-order chi connectivity index (χ1) is 12.3. The molecule has 2 rings (SSSR count). The van der Waals surface area contributed by atoms with E-state index in [2.05, 4.69) is 6.58 Å². The minimum Gasteiger partial charge on any atom is -0.461 e. The minimum atomic E-state index is -0.780. The van der Waals surface area contributed by atoms with Crippen molar-refractivity contribution >= 4 is 18.2 Å². The van der Waals surface area contributed by atoms with Crippen molar-refractivity contribution in [3.8, 4) is 0 Å². The van der Waals surface area contributed by atoms with E-state index in [-0.39, 0.29) is 30.3 Å². The molecule has 1 saturated heterocycles. The number of aliphatic hydroxyl groups excluding tert-OH is 1. The highest BCUT2D eigenvalue weighted by molar-refractivity contribution is 5.91. The first-order valence-corrected chi connectivity index (χ1v) is 8.89. The zero-order valence-corrected chi connectivity index (χ0v) is 15.4. The Morgan fingerprint density at radius 2 is 2.23 bits per heavy atom. The summed E-state index contributed by atoms with van der Waals surface area (Å²) >= 11 is 0. The molecule has 1 aliphatic heterocycles. The van der Waals surface area contributed by atoms with Crippen molar-refractivity contribution in [1.29, 1.82) is 0 Å². The van der Waals surface area contributed by atoms with E-state index in [1.165, 1.54) is 0 Å². The normalized spacial score (nSPS) is 32.5. The summed E-state index contributed by atoms with van der Waals surface area (Å²) in [6.45, 7) is 9.18. The monoisotopic (exact) mass is 362 g/mol. The molecule has 26 heavy (non-hydrogen) atoms. The van der Waals surface area contributed by atoms with E-state index < -0.39 is 30.2 Å². The zero-order chi connectivity index (χ0) is 19.4. The van der Waals surface area contributed by atoms with E-state index in [1.54, 1.807) is 26.0 Å². The third-order valence-electron chi connectivity index (χ3n) is 5.09. The average molecular weight is 362 g/mol. The molecule has 0 aromatic rings. The second-order valence-electron chi connectivity index (χ2n) is 6.97. The van der Waals surface area contributed by atoms with Gasteiger partial charge in [0.15, 0.2) is 0 Å². The molecule has 5 atom stereocenters. The summed E-state index contributed by atoms with van der Waals surface area (Å²) in [6, 6.07) is 0. The molecule has 1 N–H and O–H groups in total. The van der Waals surface area contributed by atoms with Gasteiger partial charge in [-0.2, -0.15) is 0 Å². The second-order valence-corrected chi connectivity index (χ2v) is 6.97. The van der Waals surface area contributed by atoms with Gasteiger partial charge in [-0.05, 0) is 37.0 Å². The van der Waals surface area contributed by atoms with E-state index in [9.17, 15) is 19.5 Å². The number of carbonyl (C=O) groups excluding carboxylic acids is 3. The number of fused-ring (bicyclic) bond motifs is 1. The maximum atomic E-state index is 12.3. The van der Waals surface area contributed by atoms with Crippen molar-refractivity contribution < 1.29 is 29.0 Å². The van der Waals surface area contributed by atoms with Crippen molar-refractivity contribution in [3.05, 3.63) is 35.5 Å². The lowest BCUT2D eigenvalue weighted by Gasteiger charge is -2.28. The van der Waals surface area contributed by atoms with Crippen LogP contribution in [0.2, 0.25) is 0 Å². The van der Waals surface area contributed by atoms with Crippen LogP contribution in [0, 0.1) is 11.8 Å². The number of carbonyl (C=O) groups is 3. The highest BCUT2D eigenvalue weighted by atomic mass is 16.6. The van der Waals surface area contributed by atoms with E-state index in [0.717, 1.165) is 0 Å². The predicted molar refractivity (Wildman–Crippen MR) is 95.0 cm³/mol. The Morgan fingerprint density at radius 1 is 1.54 bits per heavy atom. The fourth-order valence-electron chi connectivity index (χ4n) is 3.09. The second kappa shape index (κ2) is 8.45. The summed E-state index contributed by atoms with van der Waals surface area (Å²) in [5.41, 5.74) is 1.24. The van der Waals surface area contributed by atoms with Gasteiger partial charge in [0.2, 0.25) is 0 Å². The van der Waals surface area contributed by atoms with Gasteiger partial charge in [-0.1, -0.05) is 26.5 Å². The molecule has 3 unspecified atom stereocenters. The molecule has 2 aliphatic rings. The minimum absolute atomic E-state index is 0.141. The number of ether oxygens (including phenoxy) is 2. The van der Waals surface area contributed by atoms with E-state index >= 15 is 0 Å². The molecule has 142 valence electrons. The molecule has 1 fully saturated rings. The first-order valence-electron chi connectivity index (χ1n) is 8.89. The zero-order valence-electron chi connectivity index (χ0n) is 15.4. The number of esters is 2. The van der Waals surface area contributed by atoms with E-state index in [1.807, 2.05) is 6.92 Å². The Hall–Kier alpha value is -2.21. The summed E-state index contributed by atoms with van der Waals surface area (Å²) in [4.78, 5) is 35.8. The SMILES string of the molecule is C=C1C(=O)O[C@@H]2C=C(C)C(O)C/C=C(/C=O)CC(OC(=O)C(C)CC)[C@@H]12. The molecule has 0 amide bonds.